The van der Waals surface area contributed by atoms with Gasteiger partial charge >= 0.3 is 5.97 Å². The monoisotopic (exact) mass is 242 g/mol. The van der Waals surface area contributed by atoms with Crippen LogP contribution in [-0.2, 0) is 16.1 Å². The Morgan fingerprint density at radius 2 is 2.44 bits per heavy atom. The lowest BCUT2D eigenvalue weighted by atomic mass is 10.2. The second-order valence-electron chi connectivity index (χ2n) is 2.87. The van der Waals surface area contributed by atoms with E-state index in [0.29, 0.717) is 29.3 Å². The zero-order valence-electron chi connectivity index (χ0n) is 8.70. The number of rotatable bonds is 5. The molecule has 16 heavy (non-hydrogen) atoms. The summed E-state index contributed by atoms with van der Waals surface area (Å²) in [5, 5.41) is 2.75. The molecular formula is C10H11ClN2O3. The molecule has 0 atom stereocenters. The topological polar surface area (TPSA) is 68.3 Å². The standard InChI is InChI=1S/C10H11ClN2O3/c1-2-16-10(15)7-3-8(11)9(13-4-7)5-12-6-14/h3-4,6H,2,5H2,1H3,(H,12,14). The Hall–Kier alpha value is -1.62. The molecule has 0 bridgehead atoms. The second-order valence-corrected chi connectivity index (χ2v) is 3.28. The van der Waals surface area contributed by atoms with Gasteiger partial charge in [-0.15, -0.1) is 0 Å². The zero-order chi connectivity index (χ0) is 12.0. The summed E-state index contributed by atoms with van der Waals surface area (Å²) in [6.45, 7) is 2.24. The molecule has 1 N–H and O–H groups in total. The van der Waals surface area contributed by atoms with E-state index in [2.05, 4.69) is 10.3 Å². The zero-order valence-corrected chi connectivity index (χ0v) is 9.45. The van der Waals surface area contributed by atoms with Crippen molar-refractivity contribution in [2.24, 2.45) is 0 Å². The van der Waals surface area contributed by atoms with Crippen LogP contribution in [0, 0.1) is 0 Å². The maximum Gasteiger partial charge on any atom is 0.339 e. The number of halogens is 1. The second kappa shape index (κ2) is 6.07. The number of esters is 1. The van der Waals surface area contributed by atoms with Crippen LogP contribution in [0.25, 0.3) is 0 Å². The molecule has 0 aliphatic rings. The average Bonchev–Trinajstić information content (AvgIpc) is 2.27. The summed E-state index contributed by atoms with van der Waals surface area (Å²) in [5.41, 5.74) is 0.795. The van der Waals surface area contributed by atoms with Gasteiger partial charge in [0.1, 0.15) is 0 Å². The van der Waals surface area contributed by atoms with Crippen LogP contribution in [0.15, 0.2) is 12.3 Å². The van der Waals surface area contributed by atoms with Crippen LogP contribution in [0.3, 0.4) is 0 Å². The van der Waals surface area contributed by atoms with E-state index in [-0.39, 0.29) is 6.54 Å². The molecule has 0 aromatic carbocycles. The van der Waals surface area contributed by atoms with Gasteiger partial charge in [0, 0.05) is 6.20 Å². The van der Waals surface area contributed by atoms with E-state index in [1.54, 1.807) is 6.92 Å². The smallest absolute Gasteiger partial charge is 0.339 e. The van der Waals surface area contributed by atoms with Crippen LogP contribution >= 0.6 is 11.6 Å². The fourth-order valence-electron chi connectivity index (χ4n) is 1.06. The molecule has 0 spiro atoms. The summed E-state index contributed by atoms with van der Waals surface area (Å²) < 4.78 is 4.79. The summed E-state index contributed by atoms with van der Waals surface area (Å²) in [7, 11) is 0. The van der Waals surface area contributed by atoms with Gasteiger partial charge in [-0.05, 0) is 13.0 Å². The first-order chi connectivity index (χ1) is 7.69. The Morgan fingerprint density at radius 3 is 3.00 bits per heavy atom. The highest BCUT2D eigenvalue weighted by atomic mass is 35.5. The normalized spacial score (nSPS) is 9.62. The van der Waals surface area contributed by atoms with Gasteiger partial charge in [-0.1, -0.05) is 11.6 Å². The van der Waals surface area contributed by atoms with Crippen molar-refractivity contribution in [2.75, 3.05) is 6.61 Å². The number of ether oxygens (including phenoxy) is 1. The van der Waals surface area contributed by atoms with Gasteiger partial charge in [-0.3, -0.25) is 9.78 Å². The van der Waals surface area contributed by atoms with Crippen molar-refractivity contribution in [1.82, 2.24) is 10.3 Å². The van der Waals surface area contributed by atoms with Crippen molar-refractivity contribution in [3.05, 3.63) is 28.5 Å². The molecular weight excluding hydrogens is 232 g/mol. The molecule has 0 saturated heterocycles. The van der Waals surface area contributed by atoms with Crippen LogP contribution in [0.4, 0.5) is 0 Å². The van der Waals surface area contributed by atoms with Gasteiger partial charge in [-0.2, -0.15) is 0 Å². The van der Waals surface area contributed by atoms with E-state index >= 15 is 0 Å². The molecule has 0 unspecified atom stereocenters. The fraction of sp³-hybridized carbons (Fsp3) is 0.300. The summed E-state index contributed by atoms with van der Waals surface area (Å²) in [4.78, 5) is 25.4. The molecule has 6 heteroatoms. The largest absolute Gasteiger partial charge is 0.462 e. The average molecular weight is 243 g/mol. The van der Waals surface area contributed by atoms with E-state index in [9.17, 15) is 9.59 Å². The Labute approximate surface area is 97.8 Å². The maximum atomic E-state index is 11.3. The Kier molecular flexibility index (Phi) is 4.72. The Balaban J connectivity index is 2.81. The van der Waals surface area contributed by atoms with E-state index in [1.165, 1.54) is 12.3 Å². The minimum Gasteiger partial charge on any atom is -0.462 e. The van der Waals surface area contributed by atoms with Crippen LogP contribution in [-0.4, -0.2) is 24.0 Å². The van der Waals surface area contributed by atoms with Crippen LogP contribution in [0.5, 0.6) is 0 Å². The van der Waals surface area contributed by atoms with Crippen molar-refractivity contribution in [1.29, 1.82) is 0 Å². The first-order valence-electron chi connectivity index (χ1n) is 4.67. The molecule has 1 aromatic heterocycles. The molecule has 0 aliphatic heterocycles. The summed E-state index contributed by atoms with van der Waals surface area (Å²) in [6.07, 6.45) is 1.92. The molecule has 1 aromatic rings. The fourth-order valence-corrected chi connectivity index (χ4v) is 1.29. The minimum absolute atomic E-state index is 0.228. The highest BCUT2D eigenvalue weighted by molar-refractivity contribution is 6.31. The van der Waals surface area contributed by atoms with Gasteiger partial charge in [0.2, 0.25) is 6.41 Å². The van der Waals surface area contributed by atoms with Crippen LogP contribution < -0.4 is 5.32 Å². The van der Waals surface area contributed by atoms with Gasteiger partial charge in [-0.25, -0.2) is 4.79 Å². The van der Waals surface area contributed by atoms with Crippen molar-refractivity contribution in [2.45, 2.75) is 13.5 Å². The third kappa shape index (κ3) is 3.20. The van der Waals surface area contributed by atoms with Gasteiger partial charge in [0.05, 0.1) is 29.4 Å². The lowest BCUT2D eigenvalue weighted by Crippen LogP contribution is -2.12. The number of amides is 1. The maximum absolute atomic E-state index is 11.3. The molecule has 5 nitrogen and oxygen atoms in total. The van der Waals surface area contributed by atoms with Crippen molar-refractivity contribution in [3.63, 3.8) is 0 Å². The summed E-state index contributed by atoms with van der Waals surface area (Å²) >= 11 is 5.88. The van der Waals surface area contributed by atoms with Gasteiger partial charge < -0.3 is 10.1 Å². The molecule has 0 saturated carbocycles. The number of carbonyl (C=O) groups excluding carboxylic acids is 2. The quantitative estimate of drug-likeness (QED) is 0.621. The molecule has 1 amide bonds. The highest BCUT2D eigenvalue weighted by Crippen LogP contribution is 2.15. The first-order valence-corrected chi connectivity index (χ1v) is 5.05. The molecule has 0 fully saturated rings. The number of nitrogens with zero attached hydrogens (tertiary/aromatic N) is 1. The number of hydrogen-bond acceptors (Lipinski definition) is 4. The number of aromatic nitrogens is 1. The lowest BCUT2D eigenvalue weighted by molar-refractivity contribution is -0.109. The predicted molar refractivity (Wildman–Crippen MR) is 58.1 cm³/mol. The Bertz CT molecular complexity index is 396. The number of hydrogen-bond donors (Lipinski definition) is 1. The molecule has 1 rings (SSSR count). The van der Waals surface area contributed by atoms with Crippen LogP contribution in [0.2, 0.25) is 5.02 Å². The third-order valence-electron chi connectivity index (χ3n) is 1.78. The van der Waals surface area contributed by atoms with E-state index in [0.717, 1.165) is 0 Å². The molecule has 0 aliphatic carbocycles. The van der Waals surface area contributed by atoms with Crippen molar-refractivity contribution in [3.8, 4) is 0 Å². The van der Waals surface area contributed by atoms with Gasteiger partial charge in [0.25, 0.3) is 0 Å². The summed E-state index contributed by atoms with van der Waals surface area (Å²) in [6, 6.07) is 1.47. The number of carbonyl (C=O) groups is 2. The van der Waals surface area contributed by atoms with Crippen molar-refractivity contribution >= 4 is 24.0 Å². The SMILES string of the molecule is CCOC(=O)c1cnc(CNC=O)c(Cl)c1. The van der Waals surface area contributed by atoms with E-state index in [1.807, 2.05) is 0 Å². The van der Waals surface area contributed by atoms with Crippen LogP contribution in [0.1, 0.15) is 23.0 Å². The predicted octanol–water partition coefficient (Wildman–Crippen LogP) is 1.16. The Morgan fingerprint density at radius 1 is 1.69 bits per heavy atom. The van der Waals surface area contributed by atoms with E-state index in [4.69, 9.17) is 16.3 Å². The molecule has 0 radical (unpaired) electrons. The van der Waals surface area contributed by atoms with E-state index < -0.39 is 5.97 Å². The molecule has 1 heterocycles. The highest BCUT2D eigenvalue weighted by Gasteiger charge is 2.10. The lowest BCUT2D eigenvalue weighted by Gasteiger charge is -2.05. The summed E-state index contributed by atoms with van der Waals surface area (Å²) in [5.74, 6) is -0.466. The molecule has 86 valence electrons. The van der Waals surface area contributed by atoms with Crippen molar-refractivity contribution < 1.29 is 14.3 Å². The number of pyridine rings is 1. The first kappa shape index (κ1) is 12.4. The third-order valence-corrected chi connectivity index (χ3v) is 2.11. The minimum atomic E-state index is -0.466. The number of nitrogens with one attached hydrogen (secondary N) is 1. The van der Waals surface area contributed by atoms with Gasteiger partial charge in [0.15, 0.2) is 0 Å².